The van der Waals surface area contributed by atoms with E-state index in [9.17, 15) is 13.2 Å². The van der Waals surface area contributed by atoms with Crippen molar-refractivity contribution in [2.45, 2.75) is 6.54 Å². The maximum absolute atomic E-state index is 11.7. The van der Waals surface area contributed by atoms with Gasteiger partial charge < -0.3 is 5.32 Å². The predicted octanol–water partition coefficient (Wildman–Crippen LogP) is 0.145. The summed E-state index contributed by atoms with van der Waals surface area (Å²) in [5, 5.41) is 2.55. The van der Waals surface area contributed by atoms with E-state index in [4.69, 9.17) is 0 Å². The Bertz CT molecular complexity index is 528. The van der Waals surface area contributed by atoms with Crippen molar-refractivity contribution >= 4 is 15.9 Å². The first-order chi connectivity index (χ1) is 8.93. The fourth-order valence-corrected chi connectivity index (χ4v) is 2.12. The van der Waals surface area contributed by atoms with Crippen molar-refractivity contribution in [3.8, 4) is 0 Å². The molecular weight excluding hydrogens is 266 g/mol. The second kappa shape index (κ2) is 7.01. The lowest BCUT2D eigenvalue weighted by Gasteiger charge is -2.19. The number of nitrogens with zero attached hydrogens (tertiary/aromatic N) is 2. The smallest absolute Gasteiger partial charge is 0.235 e. The van der Waals surface area contributed by atoms with E-state index in [2.05, 4.69) is 16.9 Å². The summed E-state index contributed by atoms with van der Waals surface area (Å²) in [4.78, 5) is 15.4. The zero-order valence-corrected chi connectivity index (χ0v) is 11.6. The van der Waals surface area contributed by atoms with Crippen molar-refractivity contribution < 1.29 is 13.2 Å². The van der Waals surface area contributed by atoms with Crippen molar-refractivity contribution in [3.63, 3.8) is 0 Å². The number of amides is 1. The van der Waals surface area contributed by atoms with Crippen molar-refractivity contribution in [3.05, 3.63) is 42.7 Å². The topological polar surface area (TPSA) is 79.4 Å². The Hall–Kier alpha value is -1.73. The second-order valence-corrected chi connectivity index (χ2v) is 5.96. The maximum Gasteiger partial charge on any atom is 0.235 e. The molecule has 0 aliphatic rings. The fraction of sp³-hybridized carbons (Fsp3) is 0.333. The summed E-state index contributed by atoms with van der Waals surface area (Å²) < 4.78 is 24.4. The van der Waals surface area contributed by atoms with E-state index < -0.39 is 10.0 Å². The van der Waals surface area contributed by atoms with Crippen molar-refractivity contribution in [1.29, 1.82) is 0 Å². The molecule has 0 aliphatic carbocycles. The Labute approximate surface area is 113 Å². The zero-order valence-electron chi connectivity index (χ0n) is 10.7. The molecule has 0 saturated heterocycles. The first-order valence-corrected chi connectivity index (χ1v) is 7.50. The number of pyridine rings is 1. The lowest BCUT2D eigenvalue weighted by atomic mass is 10.3. The first-order valence-electron chi connectivity index (χ1n) is 5.65. The molecule has 1 heterocycles. The van der Waals surface area contributed by atoms with Gasteiger partial charge in [-0.1, -0.05) is 6.08 Å². The Morgan fingerprint density at radius 2 is 2.11 bits per heavy atom. The number of hydrogen-bond acceptors (Lipinski definition) is 4. The van der Waals surface area contributed by atoms with Gasteiger partial charge in [0.25, 0.3) is 0 Å². The van der Waals surface area contributed by atoms with Crippen molar-refractivity contribution in [1.82, 2.24) is 14.6 Å². The largest absolute Gasteiger partial charge is 0.351 e. The van der Waals surface area contributed by atoms with Crippen LogP contribution in [0.15, 0.2) is 37.2 Å². The molecule has 1 N–H and O–H groups in total. The second-order valence-electron chi connectivity index (χ2n) is 3.98. The highest BCUT2D eigenvalue weighted by atomic mass is 32.2. The molecule has 0 spiro atoms. The Kier molecular flexibility index (Phi) is 5.65. The highest BCUT2D eigenvalue weighted by molar-refractivity contribution is 7.88. The van der Waals surface area contributed by atoms with Gasteiger partial charge >= 0.3 is 0 Å². The summed E-state index contributed by atoms with van der Waals surface area (Å²) in [5.41, 5.74) is 0.775. The molecular formula is C12H17N3O3S. The first kappa shape index (κ1) is 15.3. The van der Waals surface area contributed by atoms with E-state index in [0.29, 0.717) is 6.54 Å². The van der Waals surface area contributed by atoms with Crippen molar-refractivity contribution in [2.24, 2.45) is 0 Å². The lowest BCUT2D eigenvalue weighted by Crippen LogP contribution is -2.39. The third kappa shape index (κ3) is 5.62. The van der Waals surface area contributed by atoms with Crippen LogP contribution in [0.4, 0.5) is 0 Å². The van der Waals surface area contributed by atoms with Crippen LogP contribution in [-0.2, 0) is 21.4 Å². The highest BCUT2D eigenvalue weighted by Crippen LogP contribution is 2.06. The van der Waals surface area contributed by atoms with Crippen LogP contribution in [0, 0.1) is 0 Å². The van der Waals surface area contributed by atoms with Crippen molar-refractivity contribution in [2.75, 3.05) is 19.3 Å². The Balaban J connectivity index is 2.74. The van der Waals surface area contributed by atoms with E-state index in [1.54, 1.807) is 24.5 Å². The summed E-state index contributed by atoms with van der Waals surface area (Å²) in [6.07, 6.45) is 5.77. The van der Waals surface area contributed by atoms with Crippen LogP contribution in [-0.4, -0.2) is 43.0 Å². The molecule has 0 aromatic carbocycles. The van der Waals surface area contributed by atoms with Crippen LogP contribution in [0.25, 0.3) is 0 Å². The third-order valence-corrected chi connectivity index (χ3v) is 3.54. The highest BCUT2D eigenvalue weighted by Gasteiger charge is 2.20. The van der Waals surface area contributed by atoms with E-state index in [1.807, 2.05) is 0 Å². The molecule has 0 atom stereocenters. The van der Waals surface area contributed by atoms with Gasteiger partial charge in [0.05, 0.1) is 12.8 Å². The normalized spacial score (nSPS) is 11.3. The van der Waals surface area contributed by atoms with Crippen LogP contribution in [0.1, 0.15) is 5.56 Å². The van der Waals surface area contributed by atoms with Crippen LogP contribution >= 0.6 is 0 Å². The van der Waals surface area contributed by atoms with Crippen LogP contribution in [0.3, 0.4) is 0 Å². The molecule has 0 saturated carbocycles. The molecule has 7 heteroatoms. The van der Waals surface area contributed by atoms with E-state index in [0.717, 1.165) is 16.1 Å². The minimum Gasteiger partial charge on any atom is -0.351 e. The molecule has 0 radical (unpaired) electrons. The average molecular weight is 283 g/mol. The molecule has 0 bridgehead atoms. The minimum absolute atomic E-state index is 0.142. The zero-order chi connectivity index (χ0) is 14.3. The summed E-state index contributed by atoms with van der Waals surface area (Å²) in [6, 6.07) is 3.42. The standard InChI is InChI=1S/C12H17N3O3S/c1-3-6-14-12(16)10-15(19(2,17)18)9-11-4-7-13-8-5-11/h3-5,7-8H,1,6,9-10H2,2H3,(H,14,16). The predicted molar refractivity (Wildman–Crippen MR) is 72.7 cm³/mol. The van der Waals surface area contributed by atoms with Gasteiger partial charge in [0.2, 0.25) is 15.9 Å². The molecule has 6 nitrogen and oxygen atoms in total. The number of aromatic nitrogens is 1. The van der Waals surface area contributed by atoms with Crippen LogP contribution in [0.5, 0.6) is 0 Å². The Morgan fingerprint density at radius 1 is 1.47 bits per heavy atom. The van der Waals surface area contributed by atoms with Gasteiger partial charge in [0.1, 0.15) is 0 Å². The lowest BCUT2D eigenvalue weighted by molar-refractivity contribution is -0.121. The molecule has 0 unspecified atom stereocenters. The third-order valence-electron chi connectivity index (χ3n) is 2.34. The molecule has 0 fully saturated rings. The van der Waals surface area contributed by atoms with Gasteiger partial charge in [-0.2, -0.15) is 4.31 Å². The van der Waals surface area contributed by atoms with Gasteiger partial charge in [-0.15, -0.1) is 6.58 Å². The minimum atomic E-state index is -3.46. The number of carbonyl (C=O) groups excluding carboxylic acids is 1. The quantitative estimate of drug-likeness (QED) is 0.722. The summed E-state index contributed by atoms with van der Waals surface area (Å²) >= 11 is 0. The molecule has 1 rings (SSSR count). The van der Waals surface area contributed by atoms with Gasteiger partial charge in [0.15, 0.2) is 0 Å². The number of sulfonamides is 1. The summed E-state index contributed by atoms with van der Waals surface area (Å²) in [6.45, 7) is 3.71. The number of carbonyl (C=O) groups is 1. The van der Waals surface area contributed by atoms with E-state index in [-0.39, 0.29) is 19.0 Å². The summed E-state index contributed by atoms with van der Waals surface area (Å²) in [5.74, 6) is -0.362. The number of hydrogen-bond donors (Lipinski definition) is 1. The molecule has 0 aliphatic heterocycles. The maximum atomic E-state index is 11.7. The average Bonchev–Trinajstić information content (AvgIpc) is 2.36. The number of rotatable bonds is 7. The molecule has 19 heavy (non-hydrogen) atoms. The van der Waals surface area contributed by atoms with Gasteiger partial charge in [-0.3, -0.25) is 9.78 Å². The van der Waals surface area contributed by atoms with Crippen LogP contribution < -0.4 is 5.32 Å². The summed E-state index contributed by atoms with van der Waals surface area (Å²) in [7, 11) is -3.46. The molecule has 1 amide bonds. The van der Waals surface area contributed by atoms with Gasteiger partial charge in [0, 0.05) is 25.5 Å². The van der Waals surface area contributed by atoms with E-state index in [1.165, 1.54) is 6.08 Å². The molecule has 104 valence electrons. The molecule has 1 aromatic heterocycles. The SMILES string of the molecule is C=CCNC(=O)CN(Cc1ccncc1)S(C)(=O)=O. The monoisotopic (exact) mass is 283 g/mol. The fourth-order valence-electron chi connectivity index (χ4n) is 1.38. The Morgan fingerprint density at radius 3 is 2.63 bits per heavy atom. The van der Waals surface area contributed by atoms with E-state index >= 15 is 0 Å². The number of nitrogens with one attached hydrogen (secondary N) is 1. The van der Waals surface area contributed by atoms with Gasteiger partial charge in [-0.25, -0.2) is 8.42 Å². The molecule has 1 aromatic rings. The van der Waals surface area contributed by atoms with Crippen LogP contribution in [0.2, 0.25) is 0 Å². The van der Waals surface area contributed by atoms with Gasteiger partial charge in [-0.05, 0) is 17.7 Å².